The molecule has 0 spiro atoms. The minimum atomic E-state index is -4.78. The van der Waals surface area contributed by atoms with Gasteiger partial charge in [-0.2, -0.15) is 4.98 Å². The molecule has 0 radical (unpaired) electrons. The Balaban J connectivity index is 1.48. The van der Waals surface area contributed by atoms with Crippen molar-refractivity contribution in [2.24, 2.45) is 5.92 Å². The Morgan fingerprint density at radius 3 is 2.41 bits per heavy atom. The second-order valence-electron chi connectivity index (χ2n) is 10.0. The number of pyridine rings is 1. The van der Waals surface area contributed by atoms with Crippen molar-refractivity contribution in [1.82, 2.24) is 19.9 Å². The van der Waals surface area contributed by atoms with E-state index in [0.29, 0.717) is 34.1 Å². The average molecular weight is 591 g/mol. The van der Waals surface area contributed by atoms with Crippen LogP contribution in [0.4, 0.5) is 24.9 Å². The number of halogens is 3. The summed E-state index contributed by atoms with van der Waals surface area (Å²) < 4.78 is 42.4. The molecule has 10 nitrogen and oxygen atoms in total. The first-order valence-corrected chi connectivity index (χ1v) is 13.7. The highest BCUT2D eigenvalue weighted by atomic mass is 32.1. The van der Waals surface area contributed by atoms with E-state index >= 15 is 0 Å². The number of nitrogens with one attached hydrogen (secondary N) is 2. The van der Waals surface area contributed by atoms with Crippen molar-refractivity contribution >= 4 is 33.3 Å². The van der Waals surface area contributed by atoms with Gasteiger partial charge in [0.25, 0.3) is 0 Å². The van der Waals surface area contributed by atoms with E-state index in [4.69, 9.17) is 9.97 Å². The predicted octanol–water partition coefficient (Wildman–Crippen LogP) is 4.35. The first kappa shape index (κ1) is 28.9. The van der Waals surface area contributed by atoms with Crippen molar-refractivity contribution in [2.75, 3.05) is 17.2 Å². The van der Waals surface area contributed by atoms with Crippen molar-refractivity contribution in [2.45, 2.75) is 57.8 Å². The van der Waals surface area contributed by atoms with Crippen LogP contribution < -0.4 is 15.4 Å². The molecule has 0 saturated heterocycles. The number of nitrogens with zero attached hydrogens (tertiary/aromatic N) is 4. The second kappa shape index (κ2) is 11.4. The normalized spacial score (nSPS) is 21.7. The number of alkyl halides is 3. The van der Waals surface area contributed by atoms with Crippen molar-refractivity contribution in [3.63, 3.8) is 0 Å². The topological polar surface area (TPSA) is 146 Å². The lowest BCUT2D eigenvalue weighted by molar-refractivity contribution is -0.274. The monoisotopic (exact) mass is 590 g/mol. The number of hydrogen-bond acceptors (Lipinski definition) is 11. The molecule has 14 heteroatoms. The Bertz CT molecular complexity index is 1530. The summed E-state index contributed by atoms with van der Waals surface area (Å²) in [7, 11) is 0. The number of fused-ring (bicyclic) bond motifs is 1. The number of aliphatic hydroxyl groups is 3. The van der Waals surface area contributed by atoms with E-state index in [2.05, 4.69) is 25.3 Å². The Labute approximate surface area is 237 Å². The Morgan fingerprint density at radius 1 is 1.05 bits per heavy atom. The van der Waals surface area contributed by atoms with Crippen molar-refractivity contribution in [1.29, 1.82) is 0 Å². The largest absolute Gasteiger partial charge is 0.573 e. The second-order valence-corrected chi connectivity index (χ2v) is 11.0. The van der Waals surface area contributed by atoms with Crippen LogP contribution in [-0.2, 0) is 0 Å². The molecular weight excluding hydrogens is 561 g/mol. The molecule has 0 amide bonds. The van der Waals surface area contributed by atoms with Gasteiger partial charge in [0.05, 0.1) is 45.4 Å². The third-order valence-corrected chi connectivity index (χ3v) is 8.30. The summed E-state index contributed by atoms with van der Waals surface area (Å²) in [5.74, 6) is -0.202. The van der Waals surface area contributed by atoms with Crippen LogP contribution in [0.5, 0.6) is 5.75 Å². The minimum absolute atomic E-state index is 0.238. The van der Waals surface area contributed by atoms with E-state index in [-0.39, 0.29) is 24.3 Å². The van der Waals surface area contributed by atoms with Gasteiger partial charge in [-0.3, -0.25) is 4.98 Å². The molecule has 5 rings (SSSR count). The maximum Gasteiger partial charge on any atom is 0.573 e. The quantitative estimate of drug-likeness (QED) is 0.201. The lowest BCUT2D eigenvalue weighted by atomic mass is 10.1. The van der Waals surface area contributed by atoms with Crippen LogP contribution in [0.25, 0.3) is 20.8 Å². The van der Waals surface area contributed by atoms with Gasteiger partial charge < -0.3 is 30.7 Å². The zero-order chi connectivity index (χ0) is 29.5. The number of aromatic nitrogens is 4. The van der Waals surface area contributed by atoms with Gasteiger partial charge in [0.2, 0.25) is 5.95 Å². The van der Waals surface area contributed by atoms with Crippen molar-refractivity contribution in [3.8, 4) is 16.3 Å². The van der Waals surface area contributed by atoms with Crippen LogP contribution in [-0.4, -0.2) is 66.5 Å². The fourth-order valence-corrected chi connectivity index (χ4v) is 6.05. The molecule has 1 fully saturated rings. The molecular formula is C27H29F3N6O4S. The van der Waals surface area contributed by atoms with Gasteiger partial charge in [0.1, 0.15) is 22.7 Å². The number of anilines is 2. The van der Waals surface area contributed by atoms with E-state index in [1.165, 1.54) is 35.6 Å². The van der Waals surface area contributed by atoms with E-state index in [1.54, 1.807) is 13.1 Å². The Morgan fingerprint density at radius 2 is 1.78 bits per heavy atom. The van der Waals surface area contributed by atoms with Gasteiger partial charge in [-0.1, -0.05) is 12.1 Å². The minimum Gasteiger partial charge on any atom is -0.406 e. The first-order chi connectivity index (χ1) is 19.4. The molecule has 1 aliphatic carbocycles. The van der Waals surface area contributed by atoms with Gasteiger partial charge in [-0.15, -0.1) is 24.5 Å². The molecule has 1 aliphatic rings. The van der Waals surface area contributed by atoms with Crippen molar-refractivity contribution < 1.29 is 33.2 Å². The fourth-order valence-electron chi connectivity index (χ4n) is 4.95. The summed E-state index contributed by atoms with van der Waals surface area (Å²) in [6, 6.07) is 6.33. The maximum atomic E-state index is 12.5. The third-order valence-electron chi connectivity index (χ3n) is 7.10. The zero-order valence-electron chi connectivity index (χ0n) is 22.3. The standard InChI is InChI=1S/C27H29F3N6O4S/c1-12(15-4-6-17(7-5-15)40-27(28,29)30)32-26-33-13(2)20(25-35-18-8-9-31-14(3)23(18)41-25)24(36-26)34-19-10-16(11-37)21(38)22(19)39/h4-9,12,16,19,21-22,37-39H,10-11H2,1-3H3,(H2,32,33,34,36). The summed E-state index contributed by atoms with van der Waals surface area (Å²) in [5.41, 5.74) is 3.48. The molecule has 1 saturated carbocycles. The molecule has 5 N–H and O–H groups in total. The molecule has 5 atom stereocenters. The number of aliphatic hydroxyl groups excluding tert-OH is 3. The predicted molar refractivity (Wildman–Crippen MR) is 148 cm³/mol. The molecule has 1 aromatic carbocycles. The van der Waals surface area contributed by atoms with E-state index in [9.17, 15) is 28.5 Å². The van der Waals surface area contributed by atoms with Gasteiger partial charge in [-0.05, 0) is 51.0 Å². The molecule has 3 aromatic heterocycles. The molecule has 41 heavy (non-hydrogen) atoms. The molecule has 3 heterocycles. The summed E-state index contributed by atoms with van der Waals surface area (Å²) in [6.45, 7) is 5.24. The summed E-state index contributed by atoms with van der Waals surface area (Å²) >= 11 is 1.43. The zero-order valence-corrected chi connectivity index (χ0v) is 23.2. The summed E-state index contributed by atoms with van der Waals surface area (Å²) in [6.07, 6.45) is -5.01. The highest BCUT2D eigenvalue weighted by molar-refractivity contribution is 7.21. The molecule has 5 unspecified atom stereocenters. The van der Waals surface area contributed by atoms with Crippen LogP contribution >= 0.6 is 11.3 Å². The highest BCUT2D eigenvalue weighted by Crippen LogP contribution is 2.39. The number of benzene rings is 1. The summed E-state index contributed by atoms with van der Waals surface area (Å²) in [5, 5.41) is 37.8. The number of rotatable bonds is 8. The van der Waals surface area contributed by atoms with Gasteiger partial charge in [0.15, 0.2) is 0 Å². The fraction of sp³-hybridized carbons (Fsp3) is 0.407. The van der Waals surface area contributed by atoms with Crippen LogP contribution in [0.3, 0.4) is 0 Å². The molecule has 0 bridgehead atoms. The Kier molecular flexibility index (Phi) is 8.01. The van der Waals surface area contributed by atoms with E-state index in [0.717, 1.165) is 15.9 Å². The maximum absolute atomic E-state index is 12.5. The van der Waals surface area contributed by atoms with Crippen LogP contribution in [0.15, 0.2) is 36.5 Å². The smallest absolute Gasteiger partial charge is 0.406 e. The van der Waals surface area contributed by atoms with Crippen LogP contribution in [0.2, 0.25) is 0 Å². The SMILES string of the molecule is Cc1nc(NC(C)c2ccc(OC(F)(F)F)cc2)nc(NC2CC(CO)C(O)C2O)c1-c1nc2ccnc(C)c2s1. The molecule has 0 aliphatic heterocycles. The lowest BCUT2D eigenvalue weighted by Crippen LogP contribution is -2.35. The van der Waals surface area contributed by atoms with Crippen molar-refractivity contribution in [3.05, 3.63) is 53.5 Å². The first-order valence-electron chi connectivity index (χ1n) is 12.9. The third kappa shape index (κ3) is 6.20. The number of ether oxygens (including phenoxy) is 1. The van der Waals surface area contributed by atoms with Gasteiger partial charge >= 0.3 is 6.36 Å². The molecule has 4 aromatic rings. The van der Waals surface area contributed by atoms with Gasteiger partial charge in [0, 0.05) is 18.7 Å². The number of thiazole rings is 1. The highest BCUT2D eigenvalue weighted by Gasteiger charge is 2.41. The van der Waals surface area contributed by atoms with E-state index in [1.807, 2.05) is 19.9 Å². The number of hydrogen-bond donors (Lipinski definition) is 5. The lowest BCUT2D eigenvalue weighted by Gasteiger charge is -2.22. The van der Waals surface area contributed by atoms with Gasteiger partial charge in [-0.25, -0.2) is 9.97 Å². The number of aryl methyl sites for hydroxylation is 2. The van der Waals surface area contributed by atoms with E-state index < -0.39 is 30.5 Å². The average Bonchev–Trinajstić information content (AvgIpc) is 3.45. The Hall–Kier alpha value is -3.59. The summed E-state index contributed by atoms with van der Waals surface area (Å²) in [4.78, 5) is 18.4. The van der Waals surface area contributed by atoms with Crippen LogP contribution in [0, 0.1) is 19.8 Å². The van der Waals surface area contributed by atoms with Crippen LogP contribution in [0.1, 0.15) is 36.3 Å². The molecule has 218 valence electrons.